The van der Waals surface area contributed by atoms with Gasteiger partial charge in [0.25, 0.3) is 0 Å². The molecule has 26 heavy (non-hydrogen) atoms. The number of aromatic nitrogens is 2. The van der Waals surface area contributed by atoms with E-state index < -0.39 is 10.0 Å². The number of nitrogens with zero attached hydrogens (tertiary/aromatic N) is 2. The minimum Gasteiger partial charge on any atom is -0.497 e. The molecule has 0 aliphatic rings. The van der Waals surface area contributed by atoms with Gasteiger partial charge < -0.3 is 9.15 Å². The van der Waals surface area contributed by atoms with Crippen molar-refractivity contribution in [3.05, 3.63) is 65.5 Å². The number of rotatable bonds is 7. The van der Waals surface area contributed by atoms with Gasteiger partial charge >= 0.3 is 0 Å². The highest BCUT2D eigenvalue weighted by Gasteiger charge is 2.15. The van der Waals surface area contributed by atoms with Gasteiger partial charge in [-0.15, -0.1) is 10.2 Å². The van der Waals surface area contributed by atoms with Crippen LogP contribution in [0.5, 0.6) is 5.75 Å². The van der Waals surface area contributed by atoms with E-state index >= 15 is 0 Å². The lowest BCUT2D eigenvalue weighted by molar-refractivity contribution is 0.414. The molecule has 0 spiro atoms. The first-order chi connectivity index (χ1) is 12.5. The van der Waals surface area contributed by atoms with E-state index in [1.54, 1.807) is 25.3 Å². The molecule has 1 aromatic heterocycles. The number of benzene rings is 2. The highest BCUT2D eigenvalue weighted by atomic mass is 32.2. The number of ether oxygens (including phenoxy) is 1. The van der Waals surface area contributed by atoms with Crippen molar-refractivity contribution in [2.45, 2.75) is 19.2 Å². The molecule has 0 unspecified atom stereocenters. The Morgan fingerprint density at radius 1 is 1.12 bits per heavy atom. The number of methoxy groups -OCH3 is 1. The summed E-state index contributed by atoms with van der Waals surface area (Å²) in [5, 5.41) is 7.84. The second kappa shape index (κ2) is 7.67. The first-order valence-corrected chi connectivity index (χ1v) is 9.61. The first kappa shape index (κ1) is 18.1. The van der Waals surface area contributed by atoms with Gasteiger partial charge in [0.05, 0.1) is 19.4 Å². The van der Waals surface area contributed by atoms with Crippen LogP contribution >= 0.6 is 0 Å². The van der Waals surface area contributed by atoms with Gasteiger partial charge in [0.1, 0.15) is 5.75 Å². The van der Waals surface area contributed by atoms with E-state index in [-0.39, 0.29) is 18.2 Å². The van der Waals surface area contributed by atoms with Crippen molar-refractivity contribution in [2.24, 2.45) is 0 Å². The summed E-state index contributed by atoms with van der Waals surface area (Å²) in [6, 6.07) is 14.5. The monoisotopic (exact) mass is 373 g/mol. The molecule has 1 heterocycles. The van der Waals surface area contributed by atoms with Crippen LogP contribution in [0.25, 0.3) is 11.5 Å². The molecule has 0 amide bonds. The van der Waals surface area contributed by atoms with Crippen LogP contribution < -0.4 is 9.46 Å². The zero-order valence-electron chi connectivity index (χ0n) is 14.5. The van der Waals surface area contributed by atoms with Crippen LogP contribution in [-0.2, 0) is 22.3 Å². The van der Waals surface area contributed by atoms with E-state index in [0.29, 0.717) is 17.2 Å². The molecule has 1 N–H and O–H groups in total. The van der Waals surface area contributed by atoms with E-state index in [4.69, 9.17) is 9.15 Å². The molecule has 0 atom stereocenters. The van der Waals surface area contributed by atoms with Crippen LogP contribution in [-0.4, -0.2) is 25.7 Å². The normalized spacial score (nSPS) is 11.5. The van der Waals surface area contributed by atoms with Gasteiger partial charge in [0.15, 0.2) is 0 Å². The standard InChI is InChI=1S/C18H19N3O4S/c1-13-6-3-4-7-15(13)12-26(22,23)19-11-17-20-21-18(25-17)14-8-5-9-16(10-14)24-2/h3-10,19H,11-12H2,1-2H3. The van der Waals surface area contributed by atoms with Crippen molar-refractivity contribution in [3.8, 4) is 17.2 Å². The van der Waals surface area contributed by atoms with Crippen molar-refractivity contribution in [1.82, 2.24) is 14.9 Å². The Hall–Kier alpha value is -2.71. The lowest BCUT2D eigenvalue weighted by Crippen LogP contribution is -2.25. The van der Waals surface area contributed by atoms with Crippen LogP contribution in [0.4, 0.5) is 0 Å². The summed E-state index contributed by atoms with van der Waals surface area (Å²) in [4.78, 5) is 0. The van der Waals surface area contributed by atoms with E-state index in [1.165, 1.54) is 0 Å². The number of aryl methyl sites for hydroxylation is 1. The second-order valence-electron chi connectivity index (χ2n) is 5.74. The maximum absolute atomic E-state index is 12.3. The van der Waals surface area contributed by atoms with E-state index in [0.717, 1.165) is 11.1 Å². The quantitative estimate of drug-likeness (QED) is 0.684. The summed E-state index contributed by atoms with van der Waals surface area (Å²) in [5.41, 5.74) is 2.38. The molecule has 0 bridgehead atoms. The minimum absolute atomic E-state index is 0.0643. The smallest absolute Gasteiger partial charge is 0.247 e. The fourth-order valence-corrected chi connectivity index (χ4v) is 3.58. The highest BCUT2D eigenvalue weighted by Crippen LogP contribution is 2.22. The molecule has 7 nitrogen and oxygen atoms in total. The molecule has 8 heteroatoms. The molecule has 0 saturated heterocycles. The largest absolute Gasteiger partial charge is 0.497 e. The molecule has 0 saturated carbocycles. The van der Waals surface area contributed by atoms with Crippen molar-refractivity contribution < 1.29 is 17.6 Å². The number of hydrogen-bond donors (Lipinski definition) is 1. The molecule has 2 aromatic carbocycles. The molecule has 3 aromatic rings. The summed E-state index contributed by atoms with van der Waals surface area (Å²) in [6.45, 7) is 1.81. The maximum Gasteiger partial charge on any atom is 0.247 e. The highest BCUT2D eigenvalue weighted by molar-refractivity contribution is 7.88. The van der Waals surface area contributed by atoms with Crippen molar-refractivity contribution >= 4 is 10.0 Å². The van der Waals surface area contributed by atoms with Crippen molar-refractivity contribution in [1.29, 1.82) is 0 Å². The molecule has 0 aliphatic carbocycles. The molecular weight excluding hydrogens is 354 g/mol. The van der Waals surface area contributed by atoms with E-state index in [2.05, 4.69) is 14.9 Å². The summed E-state index contributed by atoms with van der Waals surface area (Å²) >= 11 is 0. The molecular formula is C18H19N3O4S. The molecule has 0 radical (unpaired) electrons. The molecule has 136 valence electrons. The third kappa shape index (κ3) is 4.47. The first-order valence-electron chi connectivity index (χ1n) is 7.95. The Balaban J connectivity index is 1.66. The summed E-state index contributed by atoms with van der Waals surface area (Å²) in [6.07, 6.45) is 0. The summed E-state index contributed by atoms with van der Waals surface area (Å²) in [7, 11) is -1.95. The summed E-state index contributed by atoms with van der Waals surface area (Å²) < 4.78 is 37.7. The number of sulfonamides is 1. The van der Waals surface area contributed by atoms with Gasteiger partial charge in [-0.1, -0.05) is 30.3 Å². The predicted octanol–water partition coefficient (Wildman–Crippen LogP) is 2.67. The Morgan fingerprint density at radius 2 is 1.92 bits per heavy atom. The molecule has 0 aliphatic heterocycles. The Bertz CT molecular complexity index is 999. The van der Waals surface area contributed by atoms with Gasteiger partial charge in [0, 0.05) is 5.56 Å². The average Bonchev–Trinajstić information content (AvgIpc) is 3.11. The zero-order chi connectivity index (χ0) is 18.6. The third-order valence-electron chi connectivity index (χ3n) is 3.83. The Labute approximate surface area is 152 Å². The lowest BCUT2D eigenvalue weighted by atomic mass is 10.1. The predicted molar refractivity (Wildman–Crippen MR) is 96.9 cm³/mol. The zero-order valence-corrected chi connectivity index (χ0v) is 15.3. The van der Waals surface area contributed by atoms with Crippen LogP contribution in [0.2, 0.25) is 0 Å². The maximum atomic E-state index is 12.3. The van der Waals surface area contributed by atoms with Crippen molar-refractivity contribution in [2.75, 3.05) is 7.11 Å². The molecule has 3 rings (SSSR count). The van der Waals surface area contributed by atoms with E-state index in [1.807, 2.05) is 37.3 Å². The van der Waals surface area contributed by atoms with Crippen LogP contribution in [0.15, 0.2) is 52.9 Å². The Kier molecular flexibility index (Phi) is 5.34. The van der Waals surface area contributed by atoms with Gasteiger partial charge in [-0.25, -0.2) is 13.1 Å². The van der Waals surface area contributed by atoms with Crippen molar-refractivity contribution in [3.63, 3.8) is 0 Å². The van der Waals surface area contributed by atoms with Crippen LogP contribution in [0.3, 0.4) is 0 Å². The second-order valence-corrected chi connectivity index (χ2v) is 7.55. The fraction of sp³-hybridized carbons (Fsp3) is 0.222. The van der Waals surface area contributed by atoms with E-state index in [9.17, 15) is 8.42 Å². The van der Waals surface area contributed by atoms with Gasteiger partial charge in [0.2, 0.25) is 21.8 Å². The van der Waals surface area contributed by atoms with Gasteiger partial charge in [-0.2, -0.15) is 0 Å². The Morgan fingerprint density at radius 3 is 2.69 bits per heavy atom. The molecule has 0 fully saturated rings. The third-order valence-corrected chi connectivity index (χ3v) is 5.11. The minimum atomic E-state index is -3.52. The lowest BCUT2D eigenvalue weighted by Gasteiger charge is -2.07. The summed E-state index contributed by atoms with van der Waals surface area (Å²) in [5.74, 6) is 1.06. The number of nitrogens with one attached hydrogen (secondary N) is 1. The van der Waals surface area contributed by atoms with Gasteiger partial charge in [-0.3, -0.25) is 0 Å². The SMILES string of the molecule is COc1cccc(-c2nnc(CNS(=O)(=O)Cc3ccccc3C)o2)c1. The fourth-order valence-electron chi connectivity index (χ4n) is 2.40. The number of hydrogen-bond acceptors (Lipinski definition) is 6. The van der Waals surface area contributed by atoms with Crippen LogP contribution in [0.1, 0.15) is 17.0 Å². The average molecular weight is 373 g/mol. The van der Waals surface area contributed by atoms with Crippen LogP contribution in [0, 0.1) is 6.92 Å². The van der Waals surface area contributed by atoms with Gasteiger partial charge in [-0.05, 0) is 36.2 Å². The topological polar surface area (TPSA) is 94.3 Å².